The largest absolute Gasteiger partial charge is 0.416 e. The van der Waals surface area contributed by atoms with Crippen molar-refractivity contribution in [3.8, 4) is 0 Å². The van der Waals surface area contributed by atoms with Crippen LogP contribution in [0.15, 0.2) is 42.7 Å². The van der Waals surface area contributed by atoms with Gasteiger partial charge in [-0.3, -0.25) is 4.79 Å². The Bertz CT molecular complexity index is 1500. The predicted molar refractivity (Wildman–Crippen MR) is 143 cm³/mol. The summed E-state index contributed by atoms with van der Waals surface area (Å²) in [4.78, 5) is 15.2. The molecule has 6 nitrogen and oxygen atoms in total. The van der Waals surface area contributed by atoms with E-state index in [0.717, 1.165) is 25.3 Å². The summed E-state index contributed by atoms with van der Waals surface area (Å²) >= 11 is 0. The molecule has 218 valence electrons. The minimum absolute atomic E-state index is 0.00155. The van der Waals surface area contributed by atoms with Crippen molar-refractivity contribution in [3.05, 3.63) is 76.4 Å². The van der Waals surface area contributed by atoms with E-state index in [-0.39, 0.29) is 29.6 Å². The molecule has 41 heavy (non-hydrogen) atoms. The second-order valence-corrected chi connectivity index (χ2v) is 12.3. The van der Waals surface area contributed by atoms with Crippen LogP contribution in [0.25, 0.3) is 0 Å². The molecule has 1 aromatic heterocycles. The molecule has 2 aromatic carbocycles. The number of anilines is 1. The summed E-state index contributed by atoms with van der Waals surface area (Å²) < 4.78 is 73.7. The number of nitrogens with zero attached hydrogens (tertiary/aromatic N) is 4. The average molecular weight is 574 g/mol. The zero-order chi connectivity index (χ0) is 29.4. The second kappa shape index (κ2) is 9.34. The molecule has 1 atom stereocenters. The van der Waals surface area contributed by atoms with Gasteiger partial charge in [0, 0.05) is 54.6 Å². The summed E-state index contributed by atoms with van der Waals surface area (Å²) in [5.74, 6) is -2.96. The van der Waals surface area contributed by atoms with Crippen LogP contribution < -0.4 is 10.2 Å². The zero-order valence-corrected chi connectivity index (χ0v) is 23.2. The summed E-state index contributed by atoms with van der Waals surface area (Å²) in [7, 11) is 1.73. The lowest BCUT2D eigenvalue weighted by atomic mass is 9.59. The Morgan fingerprint density at radius 2 is 1.83 bits per heavy atom. The summed E-state index contributed by atoms with van der Waals surface area (Å²) in [5, 5.41) is 11.4. The number of halogens is 5. The quantitative estimate of drug-likeness (QED) is 0.328. The summed E-state index contributed by atoms with van der Waals surface area (Å²) in [6.07, 6.45) is -1.00. The lowest BCUT2D eigenvalue weighted by Crippen LogP contribution is -2.51. The van der Waals surface area contributed by atoms with Crippen LogP contribution in [-0.2, 0) is 31.6 Å². The van der Waals surface area contributed by atoms with Crippen LogP contribution in [0, 0.1) is 0 Å². The highest BCUT2D eigenvalue weighted by atomic mass is 19.4. The van der Waals surface area contributed by atoms with Gasteiger partial charge in [0.15, 0.2) is 0 Å². The molecule has 0 radical (unpaired) electrons. The van der Waals surface area contributed by atoms with E-state index in [1.54, 1.807) is 41.9 Å². The predicted octanol–water partition coefficient (Wildman–Crippen LogP) is 6.50. The Labute approximate surface area is 234 Å². The Kier molecular flexibility index (Phi) is 6.33. The van der Waals surface area contributed by atoms with Gasteiger partial charge in [-0.15, -0.1) is 10.2 Å². The number of amides is 1. The summed E-state index contributed by atoms with van der Waals surface area (Å²) in [6.45, 7) is 3.57. The number of carbonyl (C=O) groups is 1. The molecular formula is C30H32F5N5O. The minimum atomic E-state index is -4.67. The van der Waals surface area contributed by atoms with Gasteiger partial charge in [-0.2, -0.15) is 13.2 Å². The number of aromatic nitrogens is 3. The van der Waals surface area contributed by atoms with Gasteiger partial charge in [0.2, 0.25) is 5.92 Å². The normalized spacial score (nSPS) is 21.3. The van der Waals surface area contributed by atoms with Crippen molar-refractivity contribution >= 4 is 11.6 Å². The zero-order valence-electron chi connectivity index (χ0n) is 23.2. The first-order valence-corrected chi connectivity index (χ1v) is 13.8. The fourth-order valence-electron chi connectivity index (χ4n) is 6.86. The molecular weight excluding hydrogens is 541 g/mol. The van der Waals surface area contributed by atoms with E-state index in [1.807, 2.05) is 6.92 Å². The first-order chi connectivity index (χ1) is 19.2. The van der Waals surface area contributed by atoms with E-state index in [0.29, 0.717) is 22.6 Å². The molecule has 0 saturated heterocycles. The van der Waals surface area contributed by atoms with Crippen LogP contribution in [0.4, 0.5) is 27.6 Å². The van der Waals surface area contributed by atoms with Crippen molar-refractivity contribution < 1.29 is 26.7 Å². The lowest BCUT2D eigenvalue weighted by Gasteiger charge is -2.48. The average Bonchev–Trinajstić information content (AvgIpc) is 3.42. The van der Waals surface area contributed by atoms with Gasteiger partial charge in [-0.1, -0.05) is 18.2 Å². The van der Waals surface area contributed by atoms with E-state index in [4.69, 9.17) is 0 Å². The number of nitrogens with one attached hydrogen (secondary N) is 1. The number of hydrogen-bond donors (Lipinski definition) is 1. The lowest BCUT2D eigenvalue weighted by molar-refractivity contribution is -0.138. The summed E-state index contributed by atoms with van der Waals surface area (Å²) in [6, 6.07) is 9.00. The number of para-hydroxylation sites is 1. The van der Waals surface area contributed by atoms with Crippen LogP contribution in [0.3, 0.4) is 0 Å². The molecule has 1 N–H and O–H groups in total. The molecule has 2 fully saturated rings. The number of rotatable bonds is 7. The highest BCUT2D eigenvalue weighted by Gasteiger charge is 2.59. The fourth-order valence-corrected chi connectivity index (χ4v) is 6.86. The second-order valence-electron chi connectivity index (χ2n) is 12.3. The van der Waals surface area contributed by atoms with E-state index in [9.17, 15) is 26.7 Å². The van der Waals surface area contributed by atoms with E-state index < -0.39 is 47.9 Å². The number of aryl methyl sites for hydroxylation is 1. The van der Waals surface area contributed by atoms with Crippen LogP contribution in [-0.4, -0.2) is 32.1 Å². The van der Waals surface area contributed by atoms with E-state index in [1.165, 1.54) is 11.2 Å². The molecule has 2 aliphatic carbocycles. The molecule has 1 aliphatic heterocycles. The maximum absolute atomic E-state index is 14.4. The van der Waals surface area contributed by atoms with Crippen LogP contribution in [0.2, 0.25) is 0 Å². The van der Waals surface area contributed by atoms with Crippen LogP contribution in [0.1, 0.15) is 90.4 Å². The van der Waals surface area contributed by atoms with Crippen LogP contribution >= 0.6 is 0 Å². The molecule has 1 unspecified atom stereocenters. The third-order valence-corrected chi connectivity index (χ3v) is 9.15. The molecule has 6 rings (SSSR count). The Morgan fingerprint density at radius 3 is 2.41 bits per heavy atom. The number of fused-ring (bicyclic) bond motifs is 1. The van der Waals surface area contributed by atoms with Crippen LogP contribution in [0.5, 0.6) is 0 Å². The fraction of sp³-hybridized carbons (Fsp3) is 0.500. The molecule has 2 saturated carbocycles. The van der Waals surface area contributed by atoms with Crippen molar-refractivity contribution in [1.82, 2.24) is 20.1 Å². The van der Waals surface area contributed by atoms with Gasteiger partial charge in [0.05, 0.1) is 12.1 Å². The van der Waals surface area contributed by atoms with Crippen molar-refractivity contribution in [1.29, 1.82) is 0 Å². The topological polar surface area (TPSA) is 63.0 Å². The van der Waals surface area contributed by atoms with Gasteiger partial charge < -0.3 is 14.8 Å². The molecule has 0 spiro atoms. The standard InChI is InChI=1S/C30H32F5N5O/c1-18(37-27(2)9-6-10-27)19-11-20-21(23(12-19)30(33,34)35)14-40(26(20)41)24-8-5-4-7-22(24)28(15-29(31,32)16-28)13-25-38-36-17-39(25)3/h4-5,7-8,11-12,17-18,37H,6,9-10,13-16H2,1-3H3. The molecule has 3 aromatic rings. The SMILES string of the molecule is CC(NC1(C)CCC1)c1cc2c(c(C(F)(F)F)c1)CN(c1ccccc1C1(Cc3nncn3C)CC(F)(F)C1)C2=O. The summed E-state index contributed by atoms with van der Waals surface area (Å²) in [5.41, 5.74) is -0.897. The van der Waals surface area contributed by atoms with Gasteiger partial charge in [0.25, 0.3) is 5.91 Å². The maximum atomic E-state index is 14.4. The van der Waals surface area contributed by atoms with Gasteiger partial charge >= 0.3 is 6.18 Å². The Hall–Kier alpha value is -3.34. The van der Waals surface area contributed by atoms with Gasteiger partial charge in [-0.25, -0.2) is 8.78 Å². The first kappa shape index (κ1) is 27.8. The number of benzene rings is 2. The number of alkyl halides is 5. The monoisotopic (exact) mass is 573 g/mol. The molecule has 3 aliphatic rings. The van der Waals surface area contributed by atoms with Crippen molar-refractivity contribution in [3.63, 3.8) is 0 Å². The molecule has 0 bridgehead atoms. The van der Waals surface area contributed by atoms with Crippen molar-refractivity contribution in [2.45, 2.75) is 88.0 Å². The van der Waals surface area contributed by atoms with E-state index >= 15 is 0 Å². The van der Waals surface area contributed by atoms with E-state index in [2.05, 4.69) is 22.4 Å². The third-order valence-electron chi connectivity index (χ3n) is 9.15. The molecule has 2 heterocycles. The van der Waals surface area contributed by atoms with Crippen molar-refractivity contribution in [2.24, 2.45) is 7.05 Å². The Morgan fingerprint density at radius 1 is 1.12 bits per heavy atom. The molecule has 1 amide bonds. The number of carbonyl (C=O) groups excluding carboxylic acids is 1. The highest BCUT2D eigenvalue weighted by Crippen LogP contribution is 2.57. The first-order valence-electron chi connectivity index (χ1n) is 13.8. The smallest absolute Gasteiger partial charge is 0.321 e. The highest BCUT2D eigenvalue weighted by molar-refractivity contribution is 6.11. The Balaban J connectivity index is 1.39. The van der Waals surface area contributed by atoms with Crippen molar-refractivity contribution in [2.75, 3.05) is 4.90 Å². The van der Waals surface area contributed by atoms with Gasteiger partial charge in [-0.05, 0) is 68.0 Å². The molecule has 11 heteroatoms. The van der Waals surface area contributed by atoms with Gasteiger partial charge in [0.1, 0.15) is 12.2 Å². The third kappa shape index (κ3) is 4.81. The minimum Gasteiger partial charge on any atom is -0.321 e. The maximum Gasteiger partial charge on any atom is 0.416 e. The number of hydrogen-bond acceptors (Lipinski definition) is 4.